The Morgan fingerprint density at radius 3 is 1.07 bits per heavy atom. The van der Waals surface area contributed by atoms with Crippen molar-refractivity contribution >= 4 is 5.91 Å². The number of aliphatic hydroxyl groups is 2. The molecule has 1 amide bonds. The highest BCUT2D eigenvalue weighted by molar-refractivity contribution is 5.76. The minimum Gasteiger partial charge on any atom is -0.394 e. The second kappa shape index (κ2) is 47.0. The third-order valence-corrected chi connectivity index (χ3v) is 11.3. The van der Waals surface area contributed by atoms with Gasteiger partial charge in [-0.25, -0.2) is 0 Å². The Hall–Kier alpha value is -1.39. The van der Waals surface area contributed by atoms with Crippen LogP contribution >= 0.6 is 0 Å². The number of rotatable bonds is 45. The molecule has 0 radical (unpaired) electrons. The number of unbranched alkanes of at least 4 members (excludes halogenated alkanes) is 34. The minimum absolute atomic E-state index is 0.0732. The highest BCUT2D eigenvalue weighted by Crippen LogP contribution is 2.16. The van der Waals surface area contributed by atoms with Crippen molar-refractivity contribution in [3.63, 3.8) is 0 Å². The topological polar surface area (TPSA) is 69.6 Å². The molecule has 0 fully saturated rings. The molecular weight excluding hydrogens is 675 g/mol. The van der Waals surface area contributed by atoms with Gasteiger partial charge in [-0.2, -0.15) is 0 Å². The van der Waals surface area contributed by atoms with Gasteiger partial charge in [0.05, 0.1) is 18.8 Å². The maximum atomic E-state index is 12.4. The highest BCUT2D eigenvalue weighted by Gasteiger charge is 2.17. The number of carbonyl (C=O) groups excluding carboxylic acids is 1. The van der Waals surface area contributed by atoms with E-state index in [-0.39, 0.29) is 12.5 Å². The van der Waals surface area contributed by atoms with Crippen molar-refractivity contribution in [3.05, 3.63) is 36.5 Å². The van der Waals surface area contributed by atoms with E-state index >= 15 is 0 Å². The molecule has 0 rings (SSSR count). The van der Waals surface area contributed by atoms with Crippen molar-refractivity contribution < 1.29 is 15.0 Å². The summed E-state index contributed by atoms with van der Waals surface area (Å²) in [4.78, 5) is 12.4. The first-order chi connectivity index (χ1) is 27.2. The molecule has 2 unspecified atom stereocenters. The van der Waals surface area contributed by atoms with E-state index in [0.717, 1.165) is 32.1 Å². The average Bonchev–Trinajstić information content (AvgIpc) is 3.19. The molecule has 0 aliphatic carbocycles. The van der Waals surface area contributed by atoms with E-state index in [1.807, 2.05) is 6.08 Å². The molecule has 2 atom stereocenters. The monoisotopic (exact) mass is 772 g/mol. The Labute approximate surface area is 344 Å². The van der Waals surface area contributed by atoms with Gasteiger partial charge in [-0.3, -0.25) is 4.79 Å². The van der Waals surface area contributed by atoms with Crippen LogP contribution in [0.25, 0.3) is 0 Å². The molecule has 0 heterocycles. The smallest absolute Gasteiger partial charge is 0.220 e. The van der Waals surface area contributed by atoms with Crippen LogP contribution in [0.1, 0.15) is 264 Å². The Kier molecular flexibility index (Phi) is 45.8. The zero-order valence-corrected chi connectivity index (χ0v) is 37.2. The second-order valence-electron chi connectivity index (χ2n) is 16.9. The van der Waals surface area contributed by atoms with Crippen LogP contribution in [0.5, 0.6) is 0 Å². The maximum absolute atomic E-state index is 12.4. The normalized spacial score (nSPS) is 13.2. The van der Waals surface area contributed by atoms with Gasteiger partial charge in [-0.1, -0.05) is 237 Å². The zero-order valence-electron chi connectivity index (χ0n) is 37.2. The average molecular weight is 772 g/mol. The van der Waals surface area contributed by atoms with E-state index in [0.29, 0.717) is 6.42 Å². The largest absolute Gasteiger partial charge is 0.394 e. The Morgan fingerprint density at radius 2 is 0.709 bits per heavy atom. The van der Waals surface area contributed by atoms with E-state index in [2.05, 4.69) is 43.5 Å². The van der Waals surface area contributed by atoms with Crippen LogP contribution < -0.4 is 5.32 Å². The fourth-order valence-electron chi connectivity index (χ4n) is 7.54. The number of nitrogens with one attached hydrogen (secondary N) is 1. The lowest BCUT2D eigenvalue weighted by Crippen LogP contribution is -2.45. The van der Waals surface area contributed by atoms with Crippen molar-refractivity contribution in [1.82, 2.24) is 5.32 Å². The van der Waals surface area contributed by atoms with Crippen molar-refractivity contribution in [2.45, 2.75) is 276 Å². The zero-order chi connectivity index (χ0) is 40.0. The maximum Gasteiger partial charge on any atom is 0.220 e. The molecule has 0 saturated heterocycles. The molecule has 3 N–H and O–H groups in total. The summed E-state index contributed by atoms with van der Waals surface area (Å²) in [7, 11) is 0. The van der Waals surface area contributed by atoms with E-state index in [4.69, 9.17) is 0 Å². The van der Waals surface area contributed by atoms with Crippen LogP contribution in [0, 0.1) is 0 Å². The van der Waals surface area contributed by atoms with Crippen molar-refractivity contribution in [3.8, 4) is 0 Å². The van der Waals surface area contributed by atoms with E-state index < -0.39 is 12.1 Å². The number of carbonyl (C=O) groups is 1. The molecule has 0 aromatic heterocycles. The summed E-state index contributed by atoms with van der Waals surface area (Å²) < 4.78 is 0. The summed E-state index contributed by atoms with van der Waals surface area (Å²) >= 11 is 0. The van der Waals surface area contributed by atoms with Crippen molar-refractivity contribution in [1.29, 1.82) is 0 Å². The number of aliphatic hydroxyl groups excluding tert-OH is 2. The first kappa shape index (κ1) is 53.6. The van der Waals surface area contributed by atoms with E-state index in [9.17, 15) is 15.0 Å². The van der Waals surface area contributed by atoms with Gasteiger partial charge in [0.15, 0.2) is 0 Å². The van der Waals surface area contributed by atoms with Crippen LogP contribution in [0.2, 0.25) is 0 Å². The number of amides is 1. The molecule has 324 valence electrons. The summed E-state index contributed by atoms with van der Waals surface area (Å²) in [5.41, 5.74) is 0. The van der Waals surface area contributed by atoms with Crippen LogP contribution in [0.15, 0.2) is 36.5 Å². The lowest BCUT2D eigenvalue weighted by atomic mass is 10.0. The van der Waals surface area contributed by atoms with Gasteiger partial charge in [0, 0.05) is 6.42 Å². The second-order valence-corrected chi connectivity index (χ2v) is 16.9. The molecule has 0 spiro atoms. The standard InChI is InChI=1S/C51H97NO3/c1-3-5-7-9-11-13-15-16-17-18-19-20-21-22-23-24-25-26-27-28-29-30-31-32-33-34-35-36-37-39-41-43-45-47-51(55)52-49(48-53)50(54)46-44-42-40-38-14-12-10-8-6-4-2/h14,22-23,38,44,46,49-50,53-54H,3-13,15-21,24-37,39-43,45,47-48H2,1-2H3,(H,52,55)/b23-22-,38-14+,46-44+. The predicted molar refractivity (Wildman–Crippen MR) is 244 cm³/mol. The Bertz CT molecular complexity index is 836. The van der Waals surface area contributed by atoms with Gasteiger partial charge in [0.25, 0.3) is 0 Å². The van der Waals surface area contributed by atoms with Crippen LogP contribution in [0.3, 0.4) is 0 Å². The van der Waals surface area contributed by atoms with Gasteiger partial charge in [0.1, 0.15) is 0 Å². The first-order valence-electron chi connectivity index (χ1n) is 24.7. The van der Waals surface area contributed by atoms with Gasteiger partial charge in [0.2, 0.25) is 5.91 Å². The highest BCUT2D eigenvalue weighted by atomic mass is 16.3. The van der Waals surface area contributed by atoms with Crippen molar-refractivity contribution in [2.24, 2.45) is 0 Å². The summed E-state index contributed by atoms with van der Waals surface area (Å²) in [5.74, 6) is -0.0732. The third-order valence-electron chi connectivity index (χ3n) is 11.3. The molecule has 55 heavy (non-hydrogen) atoms. The predicted octanol–water partition coefficient (Wildman–Crippen LogP) is 15.7. The molecule has 0 aliphatic heterocycles. The van der Waals surface area contributed by atoms with E-state index in [1.54, 1.807) is 6.08 Å². The van der Waals surface area contributed by atoms with E-state index in [1.165, 1.54) is 212 Å². The third kappa shape index (κ3) is 43.6. The first-order valence-corrected chi connectivity index (χ1v) is 24.7. The summed E-state index contributed by atoms with van der Waals surface area (Å²) in [5, 5.41) is 22.9. The fraction of sp³-hybridized carbons (Fsp3) is 0.863. The lowest BCUT2D eigenvalue weighted by molar-refractivity contribution is -0.123. The molecule has 0 aromatic rings. The molecule has 0 saturated carbocycles. The summed E-state index contributed by atoms with van der Waals surface area (Å²) in [6.45, 7) is 4.27. The van der Waals surface area contributed by atoms with Gasteiger partial charge < -0.3 is 15.5 Å². The molecule has 4 nitrogen and oxygen atoms in total. The fourth-order valence-corrected chi connectivity index (χ4v) is 7.54. The SMILES string of the molecule is CCCCCC/C=C/CC/C=C/C(O)C(CO)NC(=O)CCCCCCCCCCCCCCCCCCC/C=C\CCCCCCCCCCCCCC. The van der Waals surface area contributed by atoms with Gasteiger partial charge >= 0.3 is 0 Å². The number of hydrogen-bond donors (Lipinski definition) is 3. The van der Waals surface area contributed by atoms with Gasteiger partial charge in [-0.15, -0.1) is 0 Å². The quantitative estimate of drug-likeness (QED) is 0.0426. The molecule has 0 aliphatic rings. The molecular formula is C51H97NO3. The Balaban J connectivity index is 3.41. The summed E-state index contributed by atoms with van der Waals surface area (Å²) in [6, 6.07) is -0.635. The number of hydrogen-bond acceptors (Lipinski definition) is 3. The van der Waals surface area contributed by atoms with Gasteiger partial charge in [-0.05, 0) is 57.8 Å². The van der Waals surface area contributed by atoms with Crippen LogP contribution in [0.4, 0.5) is 0 Å². The minimum atomic E-state index is -0.858. The lowest BCUT2D eigenvalue weighted by Gasteiger charge is -2.19. The van der Waals surface area contributed by atoms with Crippen molar-refractivity contribution in [2.75, 3.05) is 6.61 Å². The molecule has 0 bridgehead atoms. The van der Waals surface area contributed by atoms with Crippen LogP contribution in [-0.2, 0) is 4.79 Å². The van der Waals surface area contributed by atoms with Crippen LogP contribution in [-0.4, -0.2) is 34.9 Å². The number of allylic oxidation sites excluding steroid dienone is 5. The molecule has 4 heteroatoms. The summed E-state index contributed by atoms with van der Waals surface area (Å²) in [6.07, 6.45) is 63.0. The molecule has 0 aromatic carbocycles. The Morgan fingerprint density at radius 1 is 0.418 bits per heavy atom.